The summed E-state index contributed by atoms with van der Waals surface area (Å²) in [5.41, 5.74) is 2.17. The van der Waals surface area contributed by atoms with Gasteiger partial charge >= 0.3 is 0 Å². The summed E-state index contributed by atoms with van der Waals surface area (Å²) in [6.45, 7) is 2.66. The zero-order chi connectivity index (χ0) is 18.4. The summed E-state index contributed by atoms with van der Waals surface area (Å²) in [7, 11) is 1.65. The lowest BCUT2D eigenvalue weighted by atomic mass is 10.1. The molecule has 0 aliphatic carbocycles. The van der Waals surface area contributed by atoms with Gasteiger partial charge in [0.25, 0.3) is 0 Å². The molecule has 0 aliphatic rings. The van der Waals surface area contributed by atoms with Crippen molar-refractivity contribution in [2.75, 3.05) is 24.3 Å². The molecule has 134 valence electrons. The number of nitrogens with zero attached hydrogens (tertiary/aromatic N) is 2. The summed E-state index contributed by atoms with van der Waals surface area (Å²) in [5.74, 6) is 3.07. The molecule has 0 radical (unpaired) electrons. The fourth-order valence-corrected chi connectivity index (χ4v) is 2.66. The topological polar surface area (TPSA) is 59.1 Å². The predicted octanol–water partition coefficient (Wildman–Crippen LogP) is 4.85. The van der Waals surface area contributed by atoms with Crippen molar-refractivity contribution in [1.82, 2.24) is 9.97 Å². The van der Waals surface area contributed by atoms with E-state index >= 15 is 0 Å². The van der Waals surface area contributed by atoms with E-state index in [9.17, 15) is 0 Å². The van der Waals surface area contributed by atoms with Crippen LogP contribution in [0, 0.1) is 6.92 Å². The normalized spacial score (nSPS) is 10.4. The second-order valence-corrected chi connectivity index (χ2v) is 6.28. The van der Waals surface area contributed by atoms with Crippen LogP contribution in [0.5, 0.6) is 5.75 Å². The lowest BCUT2D eigenvalue weighted by Gasteiger charge is -2.11. The number of ether oxygens (including phenoxy) is 1. The minimum absolute atomic E-state index is 0.706. The Bertz CT molecular complexity index is 851. The lowest BCUT2D eigenvalue weighted by molar-refractivity contribution is 0.415. The molecule has 0 amide bonds. The molecule has 26 heavy (non-hydrogen) atoms. The first-order chi connectivity index (χ1) is 12.6. The number of halogens is 1. The number of hydrogen-bond acceptors (Lipinski definition) is 5. The average molecular weight is 369 g/mol. The fourth-order valence-electron chi connectivity index (χ4n) is 2.53. The molecule has 0 atom stereocenters. The first-order valence-electron chi connectivity index (χ1n) is 8.37. The zero-order valence-corrected chi connectivity index (χ0v) is 15.5. The molecule has 3 aromatic rings. The van der Waals surface area contributed by atoms with Gasteiger partial charge in [-0.05, 0) is 55.3 Å². The van der Waals surface area contributed by atoms with Gasteiger partial charge < -0.3 is 15.4 Å². The van der Waals surface area contributed by atoms with E-state index in [1.807, 2.05) is 61.5 Å². The van der Waals surface area contributed by atoms with Crippen LogP contribution < -0.4 is 15.4 Å². The number of anilines is 3. The van der Waals surface area contributed by atoms with E-state index in [-0.39, 0.29) is 0 Å². The smallest absolute Gasteiger partial charge is 0.136 e. The van der Waals surface area contributed by atoms with E-state index in [2.05, 4.69) is 20.6 Å². The molecular formula is C20H21ClN4O. The third kappa shape index (κ3) is 5.10. The molecule has 0 unspecified atom stereocenters. The molecule has 6 heteroatoms. The summed E-state index contributed by atoms with van der Waals surface area (Å²) in [6, 6.07) is 17.5. The van der Waals surface area contributed by atoms with Gasteiger partial charge in [0.2, 0.25) is 0 Å². The number of aryl methyl sites for hydroxylation is 1. The highest BCUT2D eigenvalue weighted by molar-refractivity contribution is 6.30. The Morgan fingerprint density at radius 2 is 1.65 bits per heavy atom. The number of benzene rings is 2. The van der Waals surface area contributed by atoms with E-state index in [1.54, 1.807) is 7.11 Å². The number of rotatable bonds is 7. The summed E-state index contributed by atoms with van der Waals surface area (Å²) in [6.07, 6.45) is 0.890. The summed E-state index contributed by atoms with van der Waals surface area (Å²) < 4.78 is 5.17. The van der Waals surface area contributed by atoms with Crippen LogP contribution in [0.4, 0.5) is 17.3 Å². The maximum atomic E-state index is 5.91. The van der Waals surface area contributed by atoms with E-state index < -0.39 is 0 Å². The lowest BCUT2D eigenvalue weighted by Crippen LogP contribution is -2.08. The molecule has 0 bridgehead atoms. The van der Waals surface area contributed by atoms with Crippen LogP contribution in [0.25, 0.3) is 0 Å². The molecule has 1 aromatic heterocycles. The summed E-state index contributed by atoms with van der Waals surface area (Å²) >= 11 is 5.91. The first-order valence-corrected chi connectivity index (χ1v) is 8.75. The molecule has 1 heterocycles. The van der Waals surface area contributed by atoms with Gasteiger partial charge in [-0.3, -0.25) is 0 Å². The van der Waals surface area contributed by atoms with Gasteiger partial charge in [0.15, 0.2) is 0 Å². The number of nitrogens with one attached hydrogen (secondary N) is 2. The Labute approximate surface area is 158 Å². The van der Waals surface area contributed by atoms with Crippen molar-refractivity contribution in [3.8, 4) is 5.75 Å². The highest BCUT2D eigenvalue weighted by atomic mass is 35.5. The van der Waals surface area contributed by atoms with Crippen LogP contribution in [0.15, 0.2) is 54.6 Å². The van der Waals surface area contributed by atoms with Crippen molar-refractivity contribution >= 4 is 28.9 Å². The van der Waals surface area contributed by atoms with Crippen LogP contribution in [0.3, 0.4) is 0 Å². The average Bonchev–Trinajstić information content (AvgIpc) is 2.64. The van der Waals surface area contributed by atoms with Crippen molar-refractivity contribution in [3.63, 3.8) is 0 Å². The van der Waals surface area contributed by atoms with Crippen LogP contribution >= 0.6 is 11.6 Å². The van der Waals surface area contributed by atoms with Gasteiger partial charge in [-0.1, -0.05) is 23.7 Å². The standard InChI is InChI=1S/C20H21ClN4O/c1-14-23-19(22-12-11-15-3-5-16(21)6-4-15)13-20(24-14)25-17-7-9-18(26-2)10-8-17/h3-10,13H,11-12H2,1-2H3,(H2,22,23,24,25). The molecule has 0 aliphatic heterocycles. The molecule has 0 saturated carbocycles. The quantitative estimate of drug-likeness (QED) is 0.624. The van der Waals surface area contributed by atoms with Crippen LogP contribution in [-0.4, -0.2) is 23.6 Å². The first kappa shape index (κ1) is 18.0. The Balaban J connectivity index is 1.62. The van der Waals surface area contributed by atoms with Crippen molar-refractivity contribution < 1.29 is 4.74 Å². The molecule has 0 saturated heterocycles. The van der Waals surface area contributed by atoms with Crippen LogP contribution in [-0.2, 0) is 6.42 Å². The van der Waals surface area contributed by atoms with Crippen LogP contribution in [0.2, 0.25) is 5.02 Å². The molecule has 0 spiro atoms. The maximum Gasteiger partial charge on any atom is 0.136 e. The Hall–Kier alpha value is -2.79. The number of aromatic nitrogens is 2. The van der Waals surface area contributed by atoms with E-state index in [1.165, 1.54) is 5.56 Å². The molecular weight excluding hydrogens is 348 g/mol. The Morgan fingerprint density at radius 3 is 2.35 bits per heavy atom. The van der Waals surface area contributed by atoms with Crippen molar-refractivity contribution in [2.45, 2.75) is 13.3 Å². The van der Waals surface area contributed by atoms with Gasteiger partial charge in [0.1, 0.15) is 23.2 Å². The molecule has 3 rings (SSSR count). The predicted molar refractivity (Wildman–Crippen MR) is 107 cm³/mol. The highest BCUT2D eigenvalue weighted by Gasteiger charge is 2.03. The molecule has 5 nitrogen and oxygen atoms in total. The minimum atomic E-state index is 0.706. The molecule has 2 N–H and O–H groups in total. The van der Waals surface area contributed by atoms with Crippen LogP contribution in [0.1, 0.15) is 11.4 Å². The Morgan fingerprint density at radius 1 is 0.962 bits per heavy atom. The SMILES string of the molecule is COc1ccc(Nc2cc(NCCc3ccc(Cl)cc3)nc(C)n2)cc1. The van der Waals surface area contributed by atoms with Crippen molar-refractivity contribution in [3.05, 3.63) is 71.0 Å². The molecule has 0 fully saturated rings. The maximum absolute atomic E-state index is 5.91. The van der Waals surface area contributed by atoms with Gasteiger partial charge in [-0.2, -0.15) is 0 Å². The van der Waals surface area contributed by atoms with Gasteiger partial charge in [-0.15, -0.1) is 0 Å². The van der Waals surface area contributed by atoms with Crippen molar-refractivity contribution in [2.24, 2.45) is 0 Å². The number of methoxy groups -OCH3 is 1. The third-order valence-electron chi connectivity index (χ3n) is 3.83. The van der Waals surface area contributed by atoms with Crippen molar-refractivity contribution in [1.29, 1.82) is 0 Å². The van der Waals surface area contributed by atoms with E-state index in [0.29, 0.717) is 5.82 Å². The fraction of sp³-hybridized carbons (Fsp3) is 0.200. The van der Waals surface area contributed by atoms with Gasteiger partial charge in [0.05, 0.1) is 7.11 Å². The third-order valence-corrected chi connectivity index (χ3v) is 4.09. The van der Waals surface area contributed by atoms with E-state index in [0.717, 1.165) is 41.1 Å². The second-order valence-electron chi connectivity index (χ2n) is 5.84. The second kappa shape index (κ2) is 8.54. The largest absolute Gasteiger partial charge is 0.497 e. The monoisotopic (exact) mass is 368 g/mol. The summed E-state index contributed by atoms with van der Waals surface area (Å²) in [5, 5.41) is 7.39. The minimum Gasteiger partial charge on any atom is -0.497 e. The zero-order valence-electron chi connectivity index (χ0n) is 14.8. The number of hydrogen-bond donors (Lipinski definition) is 2. The van der Waals surface area contributed by atoms with Gasteiger partial charge in [0, 0.05) is 23.3 Å². The highest BCUT2D eigenvalue weighted by Crippen LogP contribution is 2.20. The van der Waals surface area contributed by atoms with E-state index in [4.69, 9.17) is 16.3 Å². The Kier molecular flexibility index (Phi) is 5.92. The van der Waals surface area contributed by atoms with Gasteiger partial charge in [-0.25, -0.2) is 9.97 Å². The summed E-state index contributed by atoms with van der Waals surface area (Å²) in [4.78, 5) is 8.88. The molecule has 2 aromatic carbocycles.